The molecule has 4 aromatic carbocycles. The second-order valence-electron chi connectivity index (χ2n) is 17.9. The van der Waals surface area contributed by atoms with Crippen molar-refractivity contribution in [2.24, 2.45) is 0 Å². The van der Waals surface area contributed by atoms with E-state index in [1.807, 2.05) is 0 Å². The van der Waals surface area contributed by atoms with Crippen LogP contribution in [0, 0.1) is 0 Å². The van der Waals surface area contributed by atoms with Crippen molar-refractivity contribution in [2.75, 3.05) is 44.5 Å². The fourth-order valence-electron chi connectivity index (χ4n) is 9.62. The Morgan fingerprint density at radius 3 is 1.80 bits per heavy atom. The summed E-state index contributed by atoms with van der Waals surface area (Å²) in [7, 11) is -3.54. The zero-order valence-electron chi connectivity index (χ0n) is 38.7. The largest absolute Gasteiger partial charge is 0.741 e. The van der Waals surface area contributed by atoms with Crippen molar-refractivity contribution in [3.8, 4) is 0 Å². The topological polar surface area (TPSA) is 130 Å². The number of rotatable bonds is 6. The zero-order chi connectivity index (χ0) is 50.9. The number of alkyl halides is 6. The van der Waals surface area contributed by atoms with E-state index in [1.54, 1.807) is 11.1 Å². The third-order valence-corrected chi connectivity index (χ3v) is 14.1. The number of quaternary nitrogens is 1. The molecule has 0 spiro atoms. The Bertz CT molecular complexity index is 3180. The molecule has 2 atom stereocenters. The summed E-state index contributed by atoms with van der Waals surface area (Å²) in [4.78, 5) is 4.32. The SMILES string of the molecule is CN(C)c1ccc2cc(/C=C/C3=CNC=C4C(=C3)CCC3=C4C45CCCC[N+]4(C=CC=C5/C=C/c4ccc5cc(N(C)C)ccc5c4)C=CC3)ccc2c1.O=S(=O)(O)C(F)(F)F.O=S(=O)([O-])C(F)(F)F. The van der Waals surface area contributed by atoms with E-state index in [0.29, 0.717) is 0 Å². The molecule has 1 fully saturated rings. The fourth-order valence-corrected chi connectivity index (χ4v) is 9.62. The minimum absolute atomic E-state index is 0.172. The van der Waals surface area contributed by atoms with Crippen molar-refractivity contribution in [3.63, 3.8) is 0 Å². The van der Waals surface area contributed by atoms with Crippen molar-refractivity contribution in [2.45, 2.75) is 55.1 Å². The van der Waals surface area contributed by atoms with Gasteiger partial charge in [0.15, 0.2) is 15.7 Å². The van der Waals surface area contributed by atoms with Gasteiger partial charge < -0.3 is 19.7 Å². The number of benzene rings is 4. The van der Waals surface area contributed by atoms with Crippen LogP contribution in [0.2, 0.25) is 0 Å². The molecule has 70 heavy (non-hydrogen) atoms. The lowest BCUT2D eigenvalue weighted by Crippen LogP contribution is -2.63. The second-order valence-corrected chi connectivity index (χ2v) is 20.7. The first-order valence-electron chi connectivity index (χ1n) is 22.2. The predicted octanol–water partition coefficient (Wildman–Crippen LogP) is 11.8. The average molecular weight is 1010 g/mol. The number of hydrogen-bond acceptors (Lipinski definition) is 8. The maximum absolute atomic E-state index is 10.7. The van der Waals surface area contributed by atoms with Crippen molar-refractivity contribution >= 4 is 65.3 Å². The van der Waals surface area contributed by atoms with Crippen LogP contribution in [0.1, 0.15) is 49.7 Å². The van der Waals surface area contributed by atoms with E-state index in [1.165, 1.54) is 79.2 Å². The molecule has 0 aromatic heterocycles. The Morgan fingerprint density at radius 2 is 1.26 bits per heavy atom. The van der Waals surface area contributed by atoms with Crippen molar-refractivity contribution in [3.05, 3.63) is 179 Å². The van der Waals surface area contributed by atoms with E-state index in [-0.39, 0.29) is 5.54 Å². The Labute approximate surface area is 404 Å². The molecule has 0 saturated carbocycles. The van der Waals surface area contributed by atoms with Gasteiger partial charge in [-0.15, -0.1) is 0 Å². The number of hydrogen-bond donors (Lipinski definition) is 2. The van der Waals surface area contributed by atoms with Crippen LogP contribution in [0.3, 0.4) is 0 Å². The molecular formula is C52H52F6N4O6S2. The summed E-state index contributed by atoms with van der Waals surface area (Å²) in [6.07, 6.45) is 35.2. The minimum Gasteiger partial charge on any atom is -0.741 e. The average Bonchev–Trinajstić information content (AvgIpc) is 3.59. The molecule has 0 radical (unpaired) electrons. The third-order valence-electron chi connectivity index (χ3n) is 13.0. The molecule has 0 amide bonds. The van der Waals surface area contributed by atoms with Crippen LogP contribution in [0.15, 0.2) is 167 Å². The number of anilines is 2. The molecule has 370 valence electrons. The summed E-state index contributed by atoms with van der Waals surface area (Å²) in [5, 5.41) is 8.74. The first kappa shape index (κ1) is 51.7. The van der Waals surface area contributed by atoms with Crippen LogP contribution in [0.25, 0.3) is 33.7 Å². The van der Waals surface area contributed by atoms with E-state index >= 15 is 0 Å². The van der Waals surface area contributed by atoms with Crippen LogP contribution in [0.4, 0.5) is 37.7 Å². The van der Waals surface area contributed by atoms with Gasteiger partial charge in [0.1, 0.15) is 6.20 Å². The lowest BCUT2D eigenvalue weighted by atomic mass is 9.64. The molecular weight excluding hydrogens is 955 g/mol. The van der Waals surface area contributed by atoms with Crippen molar-refractivity contribution in [1.29, 1.82) is 0 Å². The van der Waals surface area contributed by atoms with Gasteiger partial charge in [0.05, 0.1) is 12.7 Å². The Balaban J connectivity index is 0.000000390. The van der Waals surface area contributed by atoms with Gasteiger partial charge in [-0.1, -0.05) is 66.3 Å². The standard InChI is InChI=1S/C50H51N4.2CHF3O3S/c1-52(2)46-23-20-40-29-36(13-16-42(40)32-46)11-12-38-31-44-19-18-39-9-7-27-54-26-6-5-25-50(54,49(39)48(44)35-51-34-38)45(10-8-28-54)22-15-37-14-17-43-33-47(53(3)4)24-21-41(43)30-37;2*2-1(3,4)8(5,6)7/h7-8,10-17,20-24,27-35,51H,5-6,9,18-19,25-26H2,1-4H3;2*(H,5,6,7)/q+1;;/p-1/b12-11+,22-15+;;. The molecule has 2 unspecified atom stereocenters. The number of fused-ring (bicyclic) bond motifs is 4. The number of nitrogens with one attached hydrogen (secondary N) is 1. The number of piperidine rings is 1. The highest BCUT2D eigenvalue weighted by atomic mass is 32.2. The van der Waals surface area contributed by atoms with Crippen LogP contribution >= 0.6 is 0 Å². The molecule has 10 nitrogen and oxygen atoms in total. The fraction of sp³-hybridized carbons (Fsp3) is 0.269. The first-order valence-corrected chi connectivity index (χ1v) is 25.1. The Morgan fingerprint density at radius 1 is 0.714 bits per heavy atom. The van der Waals surface area contributed by atoms with E-state index in [9.17, 15) is 26.3 Å². The number of nitrogens with zero attached hydrogens (tertiary/aromatic N) is 3. The highest BCUT2D eigenvalue weighted by Gasteiger charge is 2.59. The first-order chi connectivity index (χ1) is 32.8. The van der Waals surface area contributed by atoms with Gasteiger partial charge in [0.25, 0.3) is 0 Å². The normalized spacial score (nSPS) is 21.3. The van der Waals surface area contributed by atoms with Gasteiger partial charge >= 0.3 is 21.1 Å². The molecule has 2 N–H and O–H groups in total. The number of allylic oxidation sites excluding steroid dienone is 8. The zero-order valence-corrected chi connectivity index (χ0v) is 40.4. The van der Waals surface area contributed by atoms with Gasteiger partial charge in [-0.2, -0.15) is 34.8 Å². The molecule has 1 aliphatic carbocycles. The molecule has 5 aliphatic rings. The Kier molecular flexibility index (Phi) is 14.7. The Hall–Kier alpha value is -6.18. The summed E-state index contributed by atoms with van der Waals surface area (Å²) in [6.45, 7) is 1.12. The van der Waals surface area contributed by atoms with Crippen LogP contribution in [0.5, 0.6) is 0 Å². The van der Waals surface area contributed by atoms with Gasteiger partial charge in [-0.05, 0) is 137 Å². The summed E-state index contributed by atoms with van der Waals surface area (Å²) in [5.41, 5.74) is 2.15. The molecule has 4 aromatic rings. The monoisotopic (exact) mass is 1010 g/mol. The van der Waals surface area contributed by atoms with E-state index in [0.717, 1.165) is 36.7 Å². The van der Waals surface area contributed by atoms with Crippen LogP contribution < -0.4 is 15.1 Å². The van der Waals surface area contributed by atoms with Gasteiger partial charge in [-0.25, -0.2) is 8.42 Å². The second kappa shape index (κ2) is 19.9. The summed E-state index contributed by atoms with van der Waals surface area (Å²) >= 11 is 0. The molecule has 4 aliphatic heterocycles. The summed E-state index contributed by atoms with van der Waals surface area (Å²) in [6, 6.07) is 27.1. The summed E-state index contributed by atoms with van der Waals surface area (Å²) in [5.74, 6) is 0. The van der Waals surface area contributed by atoms with Crippen molar-refractivity contribution in [1.82, 2.24) is 5.32 Å². The quantitative estimate of drug-likeness (QED) is 0.0839. The lowest BCUT2D eigenvalue weighted by Gasteiger charge is -2.55. The number of halogens is 6. The summed E-state index contributed by atoms with van der Waals surface area (Å²) < 4.78 is 117. The highest BCUT2D eigenvalue weighted by Crippen LogP contribution is 2.57. The lowest BCUT2D eigenvalue weighted by molar-refractivity contribution is -0.877. The molecule has 9 rings (SSSR count). The molecule has 18 heteroatoms. The van der Waals surface area contributed by atoms with E-state index < -0.39 is 31.3 Å². The van der Waals surface area contributed by atoms with E-state index in [4.69, 9.17) is 25.9 Å². The van der Waals surface area contributed by atoms with Crippen LogP contribution in [-0.4, -0.2) is 81.7 Å². The van der Waals surface area contributed by atoms with Gasteiger partial charge in [0, 0.05) is 75.1 Å². The maximum atomic E-state index is 10.7. The minimum atomic E-state index is -6.09. The molecule has 1 saturated heterocycles. The highest BCUT2D eigenvalue weighted by molar-refractivity contribution is 7.86. The van der Waals surface area contributed by atoms with Gasteiger partial charge in [-0.3, -0.25) is 9.04 Å². The maximum Gasteiger partial charge on any atom is 0.522 e. The smallest absolute Gasteiger partial charge is 0.522 e. The molecule has 4 heterocycles. The van der Waals surface area contributed by atoms with Crippen molar-refractivity contribution < 1.29 is 56.8 Å². The van der Waals surface area contributed by atoms with Gasteiger partial charge in [0.2, 0.25) is 0 Å². The third kappa shape index (κ3) is 10.9. The molecule has 0 bridgehead atoms. The van der Waals surface area contributed by atoms with Crippen LogP contribution in [-0.2, 0) is 20.2 Å². The van der Waals surface area contributed by atoms with E-state index in [2.05, 4.69) is 190 Å². The predicted molar refractivity (Wildman–Crippen MR) is 264 cm³/mol.